The average molecular weight is 330 g/mol. The van der Waals surface area contributed by atoms with Crippen molar-refractivity contribution in [2.75, 3.05) is 19.7 Å². The van der Waals surface area contributed by atoms with Crippen LogP contribution in [0.4, 0.5) is 0 Å². The van der Waals surface area contributed by atoms with Crippen molar-refractivity contribution < 1.29 is 14.3 Å². The van der Waals surface area contributed by atoms with Crippen molar-refractivity contribution in [2.24, 2.45) is 5.92 Å². The minimum atomic E-state index is -0.0275. The number of likely N-dealkylation sites (tertiary alicyclic amines) is 1. The molecule has 0 spiro atoms. The highest BCUT2D eigenvalue weighted by atomic mass is 16.5. The highest BCUT2D eigenvalue weighted by Crippen LogP contribution is 2.22. The normalized spacial score (nSPS) is 20.5. The molecule has 1 N–H and O–H groups in total. The van der Waals surface area contributed by atoms with E-state index in [2.05, 4.69) is 5.32 Å². The molecule has 130 valence electrons. The Labute approximate surface area is 143 Å². The van der Waals surface area contributed by atoms with Crippen LogP contribution in [0.3, 0.4) is 0 Å². The Kier molecular flexibility index (Phi) is 5.38. The van der Waals surface area contributed by atoms with Crippen LogP contribution in [-0.2, 0) is 4.79 Å². The zero-order chi connectivity index (χ0) is 16.9. The van der Waals surface area contributed by atoms with E-state index in [1.807, 2.05) is 30.0 Å². The van der Waals surface area contributed by atoms with Crippen LogP contribution in [0.15, 0.2) is 24.3 Å². The van der Waals surface area contributed by atoms with E-state index in [1.54, 1.807) is 6.07 Å². The van der Waals surface area contributed by atoms with Crippen molar-refractivity contribution in [3.63, 3.8) is 0 Å². The van der Waals surface area contributed by atoms with Gasteiger partial charge in [-0.1, -0.05) is 13.0 Å². The van der Waals surface area contributed by atoms with Gasteiger partial charge in [-0.2, -0.15) is 0 Å². The number of hydrogen-bond donors (Lipinski definition) is 1. The maximum atomic E-state index is 12.1. The summed E-state index contributed by atoms with van der Waals surface area (Å²) in [6.07, 6.45) is 4.83. The minimum absolute atomic E-state index is 0.0275. The zero-order valence-corrected chi connectivity index (χ0v) is 14.3. The van der Waals surface area contributed by atoms with Crippen LogP contribution < -0.4 is 10.1 Å². The maximum Gasteiger partial charge on any atom is 0.251 e. The molecular weight excluding hydrogens is 304 g/mol. The van der Waals surface area contributed by atoms with E-state index in [-0.39, 0.29) is 11.8 Å². The molecule has 2 amide bonds. The molecule has 3 rings (SSSR count). The number of nitrogens with zero attached hydrogens (tertiary/aromatic N) is 1. The lowest BCUT2D eigenvalue weighted by atomic mass is 9.98. The predicted molar refractivity (Wildman–Crippen MR) is 92.0 cm³/mol. The quantitative estimate of drug-likeness (QED) is 0.872. The lowest BCUT2D eigenvalue weighted by Crippen LogP contribution is -2.41. The molecular formula is C19H26N2O3. The summed E-state index contributed by atoms with van der Waals surface area (Å²) in [7, 11) is 0. The number of benzene rings is 1. The highest BCUT2D eigenvalue weighted by molar-refractivity contribution is 5.94. The Balaban J connectivity index is 1.52. The predicted octanol–water partition coefficient (Wildman–Crippen LogP) is 2.61. The first kappa shape index (κ1) is 16.8. The zero-order valence-electron chi connectivity index (χ0n) is 14.3. The second-order valence-corrected chi connectivity index (χ2v) is 6.79. The average Bonchev–Trinajstić information content (AvgIpc) is 3.43. The highest BCUT2D eigenvalue weighted by Gasteiger charge is 2.25. The molecule has 5 heteroatoms. The number of carbonyl (C=O) groups excluding carboxylic acids is 2. The molecule has 1 aromatic carbocycles. The van der Waals surface area contributed by atoms with Crippen molar-refractivity contribution in [3.8, 4) is 5.75 Å². The Hall–Kier alpha value is -2.04. The van der Waals surface area contributed by atoms with E-state index in [4.69, 9.17) is 4.74 Å². The standard InChI is InChI=1S/C19H26N2O3/c1-2-18(22)21-10-4-5-14(12-21)13-24-17-7-3-6-15(11-17)19(23)20-16-8-9-16/h3,6-7,11,14,16H,2,4-5,8-10,12-13H2,1H3,(H,20,23)/t14-/m0/s1. The molecule has 0 radical (unpaired) electrons. The van der Waals surface area contributed by atoms with Gasteiger partial charge in [-0.15, -0.1) is 0 Å². The van der Waals surface area contributed by atoms with Crippen LogP contribution >= 0.6 is 0 Å². The second kappa shape index (κ2) is 7.69. The first-order valence-electron chi connectivity index (χ1n) is 8.97. The van der Waals surface area contributed by atoms with Crippen LogP contribution in [0, 0.1) is 5.92 Å². The molecule has 0 bridgehead atoms. The molecule has 1 atom stereocenters. The summed E-state index contributed by atoms with van der Waals surface area (Å²) in [5, 5.41) is 2.99. The first-order chi connectivity index (χ1) is 11.7. The largest absolute Gasteiger partial charge is 0.493 e. The van der Waals surface area contributed by atoms with E-state index in [0.29, 0.717) is 30.6 Å². The van der Waals surface area contributed by atoms with E-state index in [0.717, 1.165) is 44.5 Å². The molecule has 1 heterocycles. The number of amides is 2. The Morgan fingerprint density at radius 3 is 2.88 bits per heavy atom. The van der Waals surface area contributed by atoms with Gasteiger partial charge in [0.15, 0.2) is 0 Å². The third kappa shape index (κ3) is 4.49. The van der Waals surface area contributed by atoms with Crippen molar-refractivity contribution >= 4 is 11.8 Å². The molecule has 1 aromatic rings. The molecule has 2 fully saturated rings. The summed E-state index contributed by atoms with van der Waals surface area (Å²) >= 11 is 0. The summed E-state index contributed by atoms with van der Waals surface area (Å²) in [5.74, 6) is 1.27. The molecule has 1 saturated heterocycles. The van der Waals surface area contributed by atoms with E-state index in [9.17, 15) is 9.59 Å². The monoisotopic (exact) mass is 330 g/mol. The van der Waals surface area contributed by atoms with Crippen LogP contribution in [-0.4, -0.2) is 42.5 Å². The maximum absolute atomic E-state index is 12.1. The van der Waals surface area contributed by atoms with Gasteiger partial charge in [0.25, 0.3) is 5.91 Å². The smallest absolute Gasteiger partial charge is 0.251 e. The molecule has 24 heavy (non-hydrogen) atoms. The van der Waals surface area contributed by atoms with Crippen LogP contribution in [0.5, 0.6) is 5.75 Å². The van der Waals surface area contributed by atoms with Gasteiger partial charge >= 0.3 is 0 Å². The molecule has 2 aliphatic rings. The minimum Gasteiger partial charge on any atom is -0.493 e. The molecule has 0 aromatic heterocycles. The van der Waals surface area contributed by atoms with E-state index >= 15 is 0 Å². The third-order valence-electron chi connectivity index (χ3n) is 4.67. The van der Waals surface area contributed by atoms with Crippen molar-refractivity contribution in [1.82, 2.24) is 10.2 Å². The number of piperidine rings is 1. The lowest BCUT2D eigenvalue weighted by Gasteiger charge is -2.32. The SMILES string of the molecule is CCC(=O)N1CCC[C@H](COc2cccc(C(=O)NC3CC3)c2)C1. The van der Waals surface area contributed by atoms with Gasteiger partial charge < -0.3 is 15.0 Å². The second-order valence-electron chi connectivity index (χ2n) is 6.79. The van der Waals surface area contributed by atoms with E-state index < -0.39 is 0 Å². The number of nitrogens with one attached hydrogen (secondary N) is 1. The Morgan fingerprint density at radius 1 is 1.29 bits per heavy atom. The summed E-state index contributed by atoms with van der Waals surface area (Å²) in [6, 6.07) is 7.70. The summed E-state index contributed by atoms with van der Waals surface area (Å²) in [4.78, 5) is 25.9. The van der Waals surface area contributed by atoms with Gasteiger partial charge in [0, 0.05) is 37.0 Å². The van der Waals surface area contributed by atoms with Gasteiger partial charge in [0.1, 0.15) is 5.75 Å². The fraction of sp³-hybridized carbons (Fsp3) is 0.579. The Morgan fingerprint density at radius 2 is 2.12 bits per heavy atom. The number of ether oxygens (including phenoxy) is 1. The number of hydrogen-bond acceptors (Lipinski definition) is 3. The van der Waals surface area contributed by atoms with Crippen molar-refractivity contribution in [1.29, 1.82) is 0 Å². The molecule has 1 aliphatic carbocycles. The molecule has 5 nitrogen and oxygen atoms in total. The third-order valence-corrected chi connectivity index (χ3v) is 4.67. The van der Waals surface area contributed by atoms with Crippen LogP contribution in [0.1, 0.15) is 49.4 Å². The van der Waals surface area contributed by atoms with Crippen LogP contribution in [0.2, 0.25) is 0 Å². The summed E-state index contributed by atoms with van der Waals surface area (Å²) in [6.45, 7) is 4.12. The molecule has 1 aliphatic heterocycles. The fourth-order valence-electron chi connectivity index (χ4n) is 3.09. The van der Waals surface area contributed by atoms with Gasteiger partial charge in [0.2, 0.25) is 5.91 Å². The summed E-state index contributed by atoms with van der Waals surface area (Å²) in [5.41, 5.74) is 0.644. The van der Waals surface area contributed by atoms with Gasteiger partial charge in [-0.25, -0.2) is 0 Å². The lowest BCUT2D eigenvalue weighted by molar-refractivity contribution is -0.132. The van der Waals surface area contributed by atoms with E-state index in [1.165, 1.54) is 0 Å². The molecule has 1 saturated carbocycles. The van der Waals surface area contributed by atoms with Crippen molar-refractivity contribution in [2.45, 2.75) is 45.1 Å². The van der Waals surface area contributed by atoms with Gasteiger partial charge in [0.05, 0.1) is 6.61 Å². The topological polar surface area (TPSA) is 58.6 Å². The fourth-order valence-corrected chi connectivity index (χ4v) is 3.09. The molecule has 0 unspecified atom stereocenters. The van der Waals surface area contributed by atoms with Crippen LogP contribution in [0.25, 0.3) is 0 Å². The number of carbonyl (C=O) groups is 2. The number of rotatable bonds is 6. The summed E-state index contributed by atoms with van der Waals surface area (Å²) < 4.78 is 5.90. The Bertz CT molecular complexity index is 598. The first-order valence-corrected chi connectivity index (χ1v) is 8.97. The van der Waals surface area contributed by atoms with Crippen molar-refractivity contribution in [3.05, 3.63) is 29.8 Å². The van der Waals surface area contributed by atoms with Gasteiger partial charge in [-0.3, -0.25) is 9.59 Å². The van der Waals surface area contributed by atoms with Gasteiger partial charge in [-0.05, 0) is 43.9 Å².